The first-order chi connectivity index (χ1) is 8.72. The van der Waals surface area contributed by atoms with E-state index in [1.54, 1.807) is 0 Å². The quantitative estimate of drug-likeness (QED) is 0.868. The third kappa shape index (κ3) is 2.91. The first kappa shape index (κ1) is 13.1. The summed E-state index contributed by atoms with van der Waals surface area (Å²) < 4.78 is 0. The molecule has 0 aromatic heterocycles. The SMILES string of the molecule is CCc1ccccc1C[C@H](C(=O)O)N1CCCC1. The van der Waals surface area contributed by atoms with Crippen LogP contribution in [0.3, 0.4) is 0 Å². The van der Waals surface area contributed by atoms with Crippen LogP contribution in [0.1, 0.15) is 30.9 Å². The number of hydrogen-bond donors (Lipinski definition) is 1. The summed E-state index contributed by atoms with van der Waals surface area (Å²) in [5.74, 6) is -0.692. The molecule has 0 unspecified atom stereocenters. The van der Waals surface area contributed by atoms with Crippen LogP contribution in [-0.2, 0) is 17.6 Å². The molecule has 1 saturated heterocycles. The Morgan fingerprint density at radius 2 is 1.89 bits per heavy atom. The van der Waals surface area contributed by atoms with E-state index in [2.05, 4.69) is 24.0 Å². The molecule has 1 N–H and O–H groups in total. The van der Waals surface area contributed by atoms with Gasteiger partial charge in [-0.3, -0.25) is 9.69 Å². The van der Waals surface area contributed by atoms with Gasteiger partial charge in [0.1, 0.15) is 6.04 Å². The number of hydrogen-bond acceptors (Lipinski definition) is 2. The van der Waals surface area contributed by atoms with E-state index in [1.165, 1.54) is 11.1 Å². The predicted octanol–water partition coefficient (Wildman–Crippen LogP) is 2.34. The van der Waals surface area contributed by atoms with Gasteiger partial charge in [0.15, 0.2) is 0 Å². The van der Waals surface area contributed by atoms with E-state index in [-0.39, 0.29) is 6.04 Å². The summed E-state index contributed by atoms with van der Waals surface area (Å²) in [7, 11) is 0. The highest BCUT2D eigenvalue weighted by Crippen LogP contribution is 2.18. The van der Waals surface area contributed by atoms with E-state index in [4.69, 9.17) is 0 Å². The highest BCUT2D eigenvalue weighted by atomic mass is 16.4. The topological polar surface area (TPSA) is 40.5 Å². The Bertz CT molecular complexity index is 411. The van der Waals surface area contributed by atoms with Crippen LogP contribution in [0, 0.1) is 0 Å². The summed E-state index contributed by atoms with van der Waals surface area (Å²) in [6, 6.07) is 7.81. The lowest BCUT2D eigenvalue weighted by molar-refractivity contribution is -0.142. The zero-order chi connectivity index (χ0) is 13.0. The minimum absolute atomic E-state index is 0.361. The Morgan fingerprint density at radius 3 is 2.44 bits per heavy atom. The lowest BCUT2D eigenvalue weighted by Crippen LogP contribution is -2.41. The summed E-state index contributed by atoms with van der Waals surface area (Å²) in [5, 5.41) is 9.42. The van der Waals surface area contributed by atoms with Crippen LogP contribution in [-0.4, -0.2) is 35.1 Å². The predicted molar refractivity (Wildman–Crippen MR) is 71.8 cm³/mol. The fraction of sp³-hybridized carbons (Fsp3) is 0.533. The molecule has 0 radical (unpaired) electrons. The van der Waals surface area contributed by atoms with Crippen molar-refractivity contribution < 1.29 is 9.90 Å². The number of carboxylic acids is 1. The lowest BCUT2D eigenvalue weighted by atomic mass is 9.98. The van der Waals surface area contributed by atoms with Crippen molar-refractivity contribution in [2.24, 2.45) is 0 Å². The largest absolute Gasteiger partial charge is 0.480 e. The van der Waals surface area contributed by atoms with Gasteiger partial charge in [0.2, 0.25) is 0 Å². The molecule has 1 heterocycles. The number of benzene rings is 1. The van der Waals surface area contributed by atoms with Crippen LogP contribution in [0.2, 0.25) is 0 Å². The lowest BCUT2D eigenvalue weighted by Gasteiger charge is -2.24. The number of carboxylic acid groups (broad SMARTS) is 1. The highest BCUT2D eigenvalue weighted by Gasteiger charge is 2.28. The molecule has 3 heteroatoms. The average Bonchev–Trinajstić information content (AvgIpc) is 2.89. The molecule has 1 aliphatic heterocycles. The van der Waals surface area contributed by atoms with E-state index >= 15 is 0 Å². The van der Waals surface area contributed by atoms with Gasteiger partial charge < -0.3 is 5.11 Å². The standard InChI is InChI=1S/C15H21NO2/c1-2-12-7-3-4-8-13(12)11-14(15(17)18)16-9-5-6-10-16/h3-4,7-8,14H,2,5-6,9-11H2,1H3,(H,17,18)/t14-/m1/s1. The molecule has 1 aliphatic rings. The van der Waals surface area contributed by atoms with Crippen LogP contribution in [0.25, 0.3) is 0 Å². The van der Waals surface area contributed by atoms with Crippen LogP contribution in [0.4, 0.5) is 0 Å². The molecule has 0 aliphatic carbocycles. The molecule has 0 spiro atoms. The first-order valence-electron chi connectivity index (χ1n) is 6.76. The molecule has 1 aromatic rings. The van der Waals surface area contributed by atoms with E-state index < -0.39 is 5.97 Å². The van der Waals surface area contributed by atoms with Crippen molar-refractivity contribution >= 4 is 5.97 Å². The zero-order valence-corrected chi connectivity index (χ0v) is 10.9. The number of likely N-dealkylation sites (tertiary alicyclic amines) is 1. The number of aliphatic carboxylic acids is 1. The van der Waals surface area contributed by atoms with E-state index in [1.807, 2.05) is 12.1 Å². The molecular weight excluding hydrogens is 226 g/mol. The summed E-state index contributed by atoms with van der Waals surface area (Å²) in [5.41, 5.74) is 2.45. The minimum Gasteiger partial charge on any atom is -0.480 e. The Hall–Kier alpha value is -1.35. The maximum Gasteiger partial charge on any atom is 0.321 e. The molecule has 0 saturated carbocycles. The molecule has 0 bridgehead atoms. The second kappa shape index (κ2) is 6.01. The summed E-state index contributed by atoms with van der Waals surface area (Å²) in [6.45, 7) is 3.96. The van der Waals surface area contributed by atoms with Crippen LogP contribution >= 0.6 is 0 Å². The number of carbonyl (C=O) groups is 1. The van der Waals surface area contributed by atoms with Gasteiger partial charge in [0.25, 0.3) is 0 Å². The normalized spacial score (nSPS) is 17.8. The highest BCUT2D eigenvalue weighted by molar-refractivity contribution is 5.74. The Balaban J connectivity index is 2.15. The molecule has 1 fully saturated rings. The first-order valence-corrected chi connectivity index (χ1v) is 6.76. The molecule has 1 aromatic carbocycles. The maximum absolute atomic E-state index is 11.4. The van der Waals surface area contributed by atoms with Crippen LogP contribution < -0.4 is 0 Å². The van der Waals surface area contributed by atoms with E-state index in [0.29, 0.717) is 6.42 Å². The molecule has 1 atom stereocenters. The van der Waals surface area contributed by atoms with Gasteiger partial charge in [-0.2, -0.15) is 0 Å². The number of nitrogens with zero attached hydrogens (tertiary/aromatic N) is 1. The smallest absolute Gasteiger partial charge is 0.321 e. The minimum atomic E-state index is -0.692. The fourth-order valence-corrected chi connectivity index (χ4v) is 2.74. The van der Waals surface area contributed by atoms with Gasteiger partial charge in [-0.1, -0.05) is 31.2 Å². The number of rotatable bonds is 5. The molecule has 0 amide bonds. The van der Waals surface area contributed by atoms with Crippen LogP contribution in [0.15, 0.2) is 24.3 Å². The molecular formula is C15H21NO2. The molecule has 18 heavy (non-hydrogen) atoms. The molecule has 98 valence electrons. The number of aryl methyl sites for hydroxylation is 1. The van der Waals surface area contributed by atoms with Crippen molar-refractivity contribution in [3.63, 3.8) is 0 Å². The van der Waals surface area contributed by atoms with Gasteiger partial charge in [0, 0.05) is 0 Å². The average molecular weight is 247 g/mol. The van der Waals surface area contributed by atoms with Crippen molar-refractivity contribution in [3.05, 3.63) is 35.4 Å². The Morgan fingerprint density at radius 1 is 1.28 bits per heavy atom. The fourth-order valence-electron chi connectivity index (χ4n) is 2.74. The Kier molecular flexibility index (Phi) is 4.37. The monoisotopic (exact) mass is 247 g/mol. The van der Waals surface area contributed by atoms with E-state index in [0.717, 1.165) is 32.4 Å². The van der Waals surface area contributed by atoms with Gasteiger partial charge in [-0.25, -0.2) is 0 Å². The molecule has 3 nitrogen and oxygen atoms in total. The van der Waals surface area contributed by atoms with Gasteiger partial charge in [0.05, 0.1) is 0 Å². The maximum atomic E-state index is 11.4. The molecule has 2 rings (SSSR count). The third-order valence-electron chi connectivity index (χ3n) is 3.78. The van der Waals surface area contributed by atoms with Crippen molar-refractivity contribution in [3.8, 4) is 0 Å². The van der Waals surface area contributed by atoms with Gasteiger partial charge >= 0.3 is 5.97 Å². The third-order valence-corrected chi connectivity index (χ3v) is 3.78. The van der Waals surface area contributed by atoms with Crippen molar-refractivity contribution in [1.29, 1.82) is 0 Å². The van der Waals surface area contributed by atoms with Crippen molar-refractivity contribution in [2.45, 2.75) is 38.6 Å². The van der Waals surface area contributed by atoms with Crippen molar-refractivity contribution in [2.75, 3.05) is 13.1 Å². The van der Waals surface area contributed by atoms with Gasteiger partial charge in [-0.15, -0.1) is 0 Å². The van der Waals surface area contributed by atoms with E-state index in [9.17, 15) is 9.90 Å². The Labute approximate surface area is 108 Å². The second-order valence-corrected chi connectivity index (χ2v) is 4.92. The van der Waals surface area contributed by atoms with Crippen LogP contribution in [0.5, 0.6) is 0 Å². The van der Waals surface area contributed by atoms with Crippen molar-refractivity contribution in [1.82, 2.24) is 4.90 Å². The summed E-state index contributed by atoms with van der Waals surface area (Å²) in [6.07, 6.45) is 3.83. The van der Waals surface area contributed by atoms with Gasteiger partial charge in [-0.05, 0) is 49.9 Å². The zero-order valence-electron chi connectivity index (χ0n) is 10.9. The summed E-state index contributed by atoms with van der Waals surface area (Å²) in [4.78, 5) is 13.6. The second-order valence-electron chi connectivity index (χ2n) is 4.92. The summed E-state index contributed by atoms with van der Waals surface area (Å²) >= 11 is 0.